The highest BCUT2D eigenvalue weighted by Crippen LogP contribution is 2.28. The van der Waals surface area contributed by atoms with Crippen molar-refractivity contribution in [2.75, 3.05) is 13.2 Å². The van der Waals surface area contributed by atoms with Crippen LogP contribution in [0, 0.1) is 0 Å². The van der Waals surface area contributed by atoms with Gasteiger partial charge in [-0.25, -0.2) is 9.18 Å². The number of urea groups is 1. The zero-order valence-electron chi connectivity index (χ0n) is 9.12. The Morgan fingerprint density at radius 1 is 1.56 bits per heavy atom. The molecular weight excluding hydrogens is 362 g/mol. The molecule has 0 aromatic carbocycles. The molecule has 0 aliphatic carbocycles. The number of nitrogens with zero attached hydrogens (tertiary/aromatic N) is 1. The highest BCUT2D eigenvalue weighted by Gasteiger charge is 2.49. The molecule has 5 unspecified atom stereocenters. The molecule has 2 heterocycles. The number of imide groups is 1. The molecule has 0 bridgehead atoms. The number of aliphatic hydroxyl groups is 2. The Kier molecular flexibility index (Phi) is 4.04. The lowest BCUT2D eigenvalue weighted by Gasteiger charge is -2.34. The van der Waals surface area contributed by atoms with Gasteiger partial charge in [-0.3, -0.25) is 15.0 Å². The van der Waals surface area contributed by atoms with E-state index in [2.05, 4.69) is 5.32 Å². The van der Waals surface area contributed by atoms with Crippen LogP contribution in [0.15, 0.2) is 0 Å². The van der Waals surface area contributed by atoms with E-state index in [1.165, 1.54) is 0 Å². The largest absolute Gasteiger partial charge is 0.394 e. The van der Waals surface area contributed by atoms with Crippen LogP contribution in [0.25, 0.3) is 0 Å². The van der Waals surface area contributed by atoms with Crippen molar-refractivity contribution in [2.45, 2.75) is 28.5 Å². The maximum atomic E-state index is 13.8. The maximum absolute atomic E-state index is 13.8. The third-order valence-electron chi connectivity index (χ3n) is 2.91. The Hall–Kier alpha value is -0.520. The first-order valence-electron chi connectivity index (χ1n) is 5.29. The van der Waals surface area contributed by atoms with Gasteiger partial charge in [-0.1, -0.05) is 22.6 Å². The lowest BCUT2D eigenvalue weighted by molar-refractivity contribution is -0.123. The molecule has 0 spiro atoms. The minimum atomic E-state index is -1.82. The van der Waals surface area contributed by atoms with Crippen molar-refractivity contribution in [3.8, 4) is 0 Å². The molecule has 0 aromatic heterocycles. The van der Waals surface area contributed by atoms with E-state index < -0.39 is 47.1 Å². The quantitative estimate of drug-likeness (QED) is 0.415. The van der Waals surface area contributed by atoms with Gasteiger partial charge >= 0.3 is 6.03 Å². The Morgan fingerprint density at radius 3 is 2.78 bits per heavy atom. The van der Waals surface area contributed by atoms with Gasteiger partial charge in [0.05, 0.1) is 6.61 Å². The van der Waals surface area contributed by atoms with Crippen LogP contribution >= 0.6 is 22.6 Å². The van der Waals surface area contributed by atoms with E-state index in [1.807, 2.05) is 22.6 Å². The molecule has 102 valence electrons. The maximum Gasteiger partial charge on any atom is 0.326 e. The molecule has 2 aliphatic heterocycles. The van der Waals surface area contributed by atoms with Gasteiger partial charge < -0.3 is 14.9 Å². The average molecular weight is 374 g/mol. The summed E-state index contributed by atoms with van der Waals surface area (Å²) in [7, 11) is 0. The van der Waals surface area contributed by atoms with Gasteiger partial charge in [0, 0.05) is 6.54 Å². The van der Waals surface area contributed by atoms with Crippen molar-refractivity contribution in [1.29, 1.82) is 0 Å². The number of nitrogens with one attached hydrogen (secondary N) is 1. The Bertz CT molecular complexity index is 371. The fourth-order valence-corrected chi connectivity index (χ4v) is 2.50. The molecule has 9 heteroatoms. The highest BCUT2D eigenvalue weighted by atomic mass is 127. The van der Waals surface area contributed by atoms with Crippen molar-refractivity contribution in [3.63, 3.8) is 0 Å². The monoisotopic (exact) mass is 374 g/mol. The minimum absolute atomic E-state index is 0.00117. The second-order valence-electron chi connectivity index (χ2n) is 4.10. The van der Waals surface area contributed by atoms with E-state index in [4.69, 9.17) is 9.84 Å². The van der Waals surface area contributed by atoms with Crippen molar-refractivity contribution in [3.05, 3.63) is 0 Å². The van der Waals surface area contributed by atoms with E-state index in [0.717, 1.165) is 4.90 Å². The van der Waals surface area contributed by atoms with Crippen LogP contribution < -0.4 is 5.32 Å². The molecule has 2 rings (SSSR count). The van der Waals surface area contributed by atoms with Crippen LogP contribution in [0.5, 0.6) is 0 Å². The van der Waals surface area contributed by atoms with E-state index in [1.54, 1.807) is 0 Å². The number of halogens is 2. The van der Waals surface area contributed by atoms with Crippen LogP contribution in [-0.4, -0.2) is 68.7 Å². The topological polar surface area (TPSA) is 99.1 Å². The molecule has 7 nitrogen and oxygen atoms in total. The van der Waals surface area contributed by atoms with Crippen LogP contribution in [0.4, 0.5) is 9.18 Å². The second kappa shape index (κ2) is 5.23. The molecule has 18 heavy (non-hydrogen) atoms. The summed E-state index contributed by atoms with van der Waals surface area (Å²) in [5.74, 6) is -0.440. The van der Waals surface area contributed by atoms with Crippen LogP contribution in [0.3, 0.4) is 0 Å². The van der Waals surface area contributed by atoms with E-state index >= 15 is 0 Å². The molecule has 0 saturated carbocycles. The van der Waals surface area contributed by atoms with Crippen molar-refractivity contribution in [2.24, 2.45) is 0 Å². The first-order chi connectivity index (χ1) is 8.45. The third kappa shape index (κ3) is 2.31. The fraction of sp³-hybridized carbons (Fsp3) is 0.778. The standard InChI is InChI=1S/C9H12FIN2O5/c10-5-6(15)4(2-14)18-8(5)13-1-3(11)7(16)12-9(13)17/h3-6,8,14-15H,1-2H2,(H,12,16,17). The summed E-state index contributed by atoms with van der Waals surface area (Å²) in [6.45, 7) is -0.540. The normalized spacial score (nSPS) is 41.1. The number of carbonyl (C=O) groups excluding carboxylic acids is 2. The predicted molar refractivity (Wildman–Crippen MR) is 64.7 cm³/mol. The van der Waals surface area contributed by atoms with E-state index in [0.29, 0.717) is 0 Å². The number of alkyl halides is 2. The SMILES string of the molecule is O=C1NC(=O)N(C2OC(CO)C(O)C2F)CC1I. The number of hydrogen-bond acceptors (Lipinski definition) is 5. The molecule has 5 atom stereocenters. The zero-order chi connectivity index (χ0) is 13.4. The summed E-state index contributed by atoms with van der Waals surface area (Å²) in [5, 5.41) is 20.5. The van der Waals surface area contributed by atoms with Gasteiger partial charge in [0.25, 0.3) is 0 Å². The molecule has 2 fully saturated rings. The third-order valence-corrected chi connectivity index (χ3v) is 3.87. The molecule has 3 amide bonds. The molecule has 0 aromatic rings. The van der Waals surface area contributed by atoms with Gasteiger partial charge in [-0.05, 0) is 0 Å². The summed E-state index contributed by atoms with van der Waals surface area (Å²) in [6, 6.07) is -0.758. The lowest BCUT2D eigenvalue weighted by atomic mass is 10.1. The molecule has 2 saturated heterocycles. The van der Waals surface area contributed by atoms with Crippen LogP contribution in [0.1, 0.15) is 0 Å². The summed E-state index contributed by atoms with van der Waals surface area (Å²) in [6.07, 6.45) is -5.66. The second-order valence-corrected chi connectivity index (χ2v) is 5.60. The van der Waals surface area contributed by atoms with Crippen molar-refractivity contribution >= 4 is 34.5 Å². The zero-order valence-corrected chi connectivity index (χ0v) is 11.3. The Balaban J connectivity index is 2.12. The number of carbonyl (C=O) groups is 2. The van der Waals surface area contributed by atoms with Gasteiger partial charge in [-0.2, -0.15) is 0 Å². The number of ether oxygens (including phenoxy) is 1. The van der Waals surface area contributed by atoms with Gasteiger partial charge in [0.15, 0.2) is 12.4 Å². The molecular formula is C9H12FIN2O5. The molecule has 3 N–H and O–H groups in total. The fourth-order valence-electron chi connectivity index (χ4n) is 1.92. The summed E-state index contributed by atoms with van der Waals surface area (Å²) in [5.41, 5.74) is 0. The highest BCUT2D eigenvalue weighted by molar-refractivity contribution is 14.1. The first kappa shape index (κ1) is 13.9. The number of aliphatic hydroxyl groups excluding tert-OH is 2. The lowest BCUT2D eigenvalue weighted by Crippen LogP contribution is -2.60. The van der Waals surface area contributed by atoms with Crippen LogP contribution in [-0.2, 0) is 9.53 Å². The number of amides is 3. The van der Waals surface area contributed by atoms with E-state index in [-0.39, 0.29) is 6.54 Å². The predicted octanol–water partition coefficient (Wildman–Crippen LogP) is -1.24. The first-order valence-corrected chi connectivity index (χ1v) is 6.54. The summed E-state index contributed by atoms with van der Waals surface area (Å²) < 4.78 is 18.4. The van der Waals surface area contributed by atoms with Crippen LogP contribution in [0.2, 0.25) is 0 Å². The number of hydrogen-bond donors (Lipinski definition) is 3. The Labute approximate surface area is 115 Å². The smallest absolute Gasteiger partial charge is 0.326 e. The van der Waals surface area contributed by atoms with Gasteiger partial charge in [0.2, 0.25) is 5.91 Å². The molecule has 0 radical (unpaired) electrons. The minimum Gasteiger partial charge on any atom is -0.394 e. The summed E-state index contributed by atoms with van der Waals surface area (Å²) in [4.78, 5) is 23.8. The Morgan fingerprint density at radius 2 is 2.22 bits per heavy atom. The van der Waals surface area contributed by atoms with Gasteiger partial charge in [-0.15, -0.1) is 0 Å². The average Bonchev–Trinajstić information content (AvgIpc) is 2.61. The number of rotatable bonds is 2. The van der Waals surface area contributed by atoms with Crippen molar-refractivity contribution < 1.29 is 28.9 Å². The van der Waals surface area contributed by atoms with Gasteiger partial charge in [0.1, 0.15) is 16.1 Å². The van der Waals surface area contributed by atoms with E-state index in [9.17, 15) is 19.1 Å². The molecule has 2 aliphatic rings. The van der Waals surface area contributed by atoms with Crippen molar-refractivity contribution in [1.82, 2.24) is 10.2 Å². The summed E-state index contributed by atoms with van der Waals surface area (Å²) >= 11 is 1.83.